The van der Waals surface area contributed by atoms with Crippen LogP contribution in [0, 0.1) is 6.92 Å². The van der Waals surface area contributed by atoms with Crippen molar-refractivity contribution >= 4 is 34.2 Å². The van der Waals surface area contributed by atoms with Crippen LogP contribution in [0.25, 0.3) is 22.4 Å². The lowest BCUT2D eigenvalue weighted by Gasteiger charge is -2.08. The second-order valence-electron chi connectivity index (χ2n) is 5.81. The highest BCUT2D eigenvalue weighted by Crippen LogP contribution is 2.32. The molecule has 4 aromatic rings. The fourth-order valence-corrected chi connectivity index (χ4v) is 3.07. The Bertz CT molecular complexity index is 1200. The number of ether oxygens (including phenoxy) is 1. The third-order valence-corrected chi connectivity index (χ3v) is 4.56. The molecule has 6 nitrogen and oxygen atoms in total. The van der Waals surface area contributed by atoms with E-state index in [1.165, 1.54) is 6.07 Å². The number of aromatic nitrogens is 2. The van der Waals surface area contributed by atoms with Crippen LogP contribution in [0.5, 0.6) is 5.75 Å². The molecule has 0 fully saturated rings. The maximum Gasteiger partial charge on any atom is 0.336 e. The number of rotatable bonds is 4. The zero-order chi connectivity index (χ0) is 19.0. The van der Waals surface area contributed by atoms with Gasteiger partial charge >= 0.3 is 5.63 Å². The number of hydrogen-bond acceptors (Lipinski definition) is 6. The van der Waals surface area contributed by atoms with Crippen LogP contribution in [0.3, 0.4) is 0 Å². The summed E-state index contributed by atoms with van der Waals surface area (Å²) in [6.07, 6.45) is 0. The molecule has 0 aliphatic rings. The maximum atomic E-state index is 11.6. The average Bonchev–Trinajstić information content (AvgIpc) is 3.10. The van der Waals surface area contributed by atoms with Crippen LogP contribution in [-0.2, 0) is 6.61 Å². The third-order valence-electron chi connectivity index (χ3n) is 3.94. The molecule has 0 saturated heterocycles. The highest BCUT2D eigenvalue weighted by Gasteiger charge is 2.14. The van der Waals surface area contributed by atoms with E-state index < -0.39 is 5.63 Å². The van der Waals surface area contributed by atoms with Crippen molar-refractivity contribution in [3.8, 4) is 17.1 Å². The number of aryl methyl sites for hydroxylation is 1. The second kappa shape index (κ2) is 7.06. The molecule has 2 aromatic carbocycles. The van der Waals surface area contributed by atoms with Gasteiger partial charge in [-0.15, -0.1) is 0 Å². The van der Waals surface area contributed by atoms with Gasteiger partial charge in [0, 0.05) is 23.1 Å². The molecule has 2 heterocycles. The zero-order valence-electron chi connectivity index (χ0n) is 14.0. The predicted octanol–water partition coefficient (Wildman–Crippen LogP) is 5.04. The minimum absolute atomic E-state index is 0.00126. The van der Waals surface area contributed by atoms with Crippen molar-refractivity contribution in [1.82, 2.24) is 10.1 Å². The van der Waals surface area contributed by atoms with Crippen LogP contribution in [0.1, 0.15) is 11.5 Å². The Morgan fingerprint density at radius 3 is 2.74 bits per heavy atom. The van der Waals surface area contributed by atoms with Crippen molar-refractivity contribution in [2.45, 2.75) is 13.5 Å². The lowest BCUT2D eigenvalue weighted by molar-refractivity contribution is 0.243. The summed E-state index contributed by atoms with van der Waals surface area (Å²) in [4.78, 5) is 15.8. The number of nitrogens with zero attached hydrogens (tertiary/aromatic N) is 2. The number of halogens is 2. The van der Waals surface area contributed by atoms with E-state index in [1.807, 2.05) is 19.1 Å². The average molecular weight is 403 g/mol. The van der Waals surface area contributed by atoms with Gasteiger partial charge in [-0.1, -0.05) is 40.5 Å². The van der Waals surface area contributed by atoms with E-state index in [2.05, 4.69) is 10.1 Å². The molecular formula is C19H12Cl2N2O4. The maximum absolute atomic E-state index is 11.6. The number of benzene rings is 2. The molecule has 2 aromatic heterocycles. The smallest absolute Gasteiger partial charge is 0.336 e. The number of hydrogen-bond donors (Lipinski definition) is 0. The van der Waals surface area contributed by atoms with Gasteiger partial charge in [0.15, 0.2) is 6.61 Å². The van der Waals surface area contributed by atoms with Crippen molar-refractivity contribution < 1.29 is 13.7 Å². The normalized spacial score (nSPS) is 11.1. The fourth-order valence-electron chi connectivity index (χ4n) is 2.64. The van der Waals surface area contributed by atoms with E-state index >= 15 is 0 Å². The van der Waals surface area contributed by atoms with E-state index in [0.717, 1.165) is 10.9 Å². The molecule has 0 unspecified atom stereocenters. The summed E-state index contributed by atoms with van der Waals surface area (Å²) >= 11 is 12.4. The Morgan fingerprint density at radius 2 is 1.93 bits per heavy atom. The summed E-state index contributed by atoms with van der Waals surface area (Å²) in [7, 11) is 0. The van der Waals surface area contributed by atoms with Crippen LogP contribution in [0.2, 0.25) is 10.0 Å². The van der Waals surface area contributed by atoms with Crippen LogP contribution in [0.4, 0.5) is 0 Å². The summed E-state index contributed by atoms with van der Waals surface area (Å²) in [5, 5.41) is 5.56. The second-order valence-corrected chi connectivity index (χ2v) is 6.62. The van der Waals surface area contributed by atoms with Gasteiger partial charge in [-0.3, -0.25) is 0 Å². The summed E-state index contributed by atoms with van der Waals surface area (Å²) < 4.78 is 16.1. The fraction of sp³-hybridized carbons (Fsp3) is 0.105. The molecule has 0 amide bonds. The van der Waals surface area contributed by atoms with Gasteiger partial charge in [0.1, 0.15) is 11.3 Å². The van der Waals surface area contributed by atoms with Crippen LogP contribution >= 0.6 is 23.2 Å². The van der Waals surface area contributed by atoms with Crippen molar-refractivity contribution in [3.63, 3.8) is 0 Å². The Kier molecular flexibility index (Phi) is 4.59. The largest absolute Gasteiger partial charge is 0.482 e. The predicted molar refractivity (Wildman–Crippen MR) is 101 cm³/mol. The first-order valence-corrected chi connectivity index (χ1v) is 8.71. The SMILES string of the molecule is Cc1cc(=O)oc2cc(OCc3nc(-c4ccccc4Cl)no3)c(Cl)cc12. The molecule has 8 heteroatoms. The molecule has 0 radical (unpaired) electrons. The first kappa shape index (κ1) is 17.6. The first-order valence-electron chi connectivity index (χ1n) is 7.95. The van der Waals surface area contributed by atoms with Gasteiger partial charge < -0.3 is 13.7 Å². The van der Waals surface area contributed by atoms with E-state index in [1.54, 1.807) is 24.3 Å². The molecule has 0 aliphatic carbocycles. The van der Waals surface area contributed by atoms with Crippen molar-refractivity contribution in [2.24, 2.45) is 0 Å². The van der Waals surface area contributed by atoms with Crippen LogP contribution < -0.4 is 10.4 Å². The molecule has 0 bridgehead atoms. The first-order chi connectivity index (χ1) is 13.0. The van der Waals surface area contributed by atoms with E-state index in [4.69, 9.17) is 36.9 Å². The minimum atomic E-state index is -0.436. The quantitative estimate of drug-likeness (QED) is 0.445. The molecule has 136 valence electrons. The molecule has 4 rings (SSSR count). The van der Waals surface area contributed by atoms with E-state index in [9.17, 15) is 4.79 Å². The molecule has 0 N–H and O–H groups in total. The van der Waals surface area contributed by atoms with E-state index in [-0.39, 0.29) is 12.5 Å². The Labute approximate surface area is 163 Å². The van der Waals surface area contributed by atoms with Gasteiger partial charge in [-0.05, 0) is 30.7 Å². The monoisotopic (exact) mass is 402 g/mol. The Hall–Kier alpha value is -2.83. The lowest BCUT2D eigenvalue weighted by atomic mass is 10.1. The lowest BCUT2D eigenvalue weighted by Crippen LogP contribution is -2.00. The summed E-state index contributed by atoms with van der Waals surface area (Å²) in [6, 6.07) is 11.9. The van der Waals surface area contributed by atoms with E-state index in [0.29, 0.717) is 32.8 Å². The van der Waals surface area contributed by atoms with Crippen LogP contribution in [0.15, 0.2) is 56.2 Å². The highest BCUT2D eigenvalue weighted by molar-refractivity contribution is 6.33. The topological polar surface area (TPSA) is 78.4 Å². The van der Waals surface area contributed by atoms with Gasteiger partial charge in [0.25, 0.3) is 5.89 Å². The zero-order valence-corrected chi connectivity index (χ0v) is 15.5. The molecule has 27 heavy (non-hydrogen) atoms. The molecular weight excluding hydrogens is 391 g/mol. The molecule has 0 spiro atoms. The summed E-state index contributed by atoms with van der Waals surface area (Å²) in [6.45, 7) is 1.81. The summed E-state index contributed by atoms with van der Waals surface area (Å²) in [5.41, 5.74) is 1.39. The van der Waals surface area contributed by atoms with Crippen LogP contribution in [-0.4, -0.2) is 10.1 Å². The number of fused-ring (bicyclic) bond motifs is 1. The Balaban J connectivity index is 1.58. The third kappa shape index (κ3) is 3.54. The van der Waals surface area contributed by atoms with Gasteiger partial charge in [0.05, 0.1) is 10.0 Å². The van der Waals surface area contributed by atoms with Crippen molar-refractivity contribution in [1.29, 1.82) is 0 Å². The molecule has 0 atom stereocenters. The molecule has 0 saturated carbocycles. The summed E-state index contributed by atoms with van der Waals surface area (Å²) in [5.74, 6) is 0.965. The van der Waals surface area contributed by atoms with Crippen molar-refractivity contribution in [2.75, 3.05) is 0 Å². The van der Waals surface area contributed by atoms with Gasteiger partial charge in [0.2, 0.25) is 5.82 Å². The van der Waals surface area contributed by atoms with Gasteiger partial charge in [-0.2, -0.15) is 4.98 Å². The standard InChI is InChI=1S/C19H12Cl2N2O4/c1-10-6-18(24)26-15-8-16(14(21)7-12(10)15)25-9-17-22-19(23-27-17)11-4-2-3-5-13(11)20/h2-8H,9H2,1H3. The minimum Gasteiger partial charge on any atom is -0.482 e. The highest BCUT2D eigenvalue weighted by atomic mass is 35.5. The Morgan fingerprint density at radius 1 is 1.11 bits per heavy atom. The van der Waals surface area contributed by atoms with Crippen molar-refractivity contribution in [3.05, 3.63) is 74.4 Å². The molecule has 0 aliphatic heterocycles. The van der Waals surface area contributed by atoms with Gasteiger partial charge in [-0.25, -0.2) is 4.79 Å².